The van der Waals surface area contributed by atoms with Gasteiger partial charge in [-0.05, 0) is 36.8 Å². The molecule has 0 saturated carbocycles. The van der Waals surface area contributed by atoms with Crippen molar-refractivity contribution in [2.75, 3.05) is 0 Å². The van der Waals surface area contributed by atoms with Gasteiger partial charge in [0.05, 0.1) is 11.8 Å². The molecule has 1 aromatic carbocycles. The van der Waals surface area contributed by atoms with E-state index in [1.165, 1.54) is 12.3 Å². The number of halogens is 1. The zero-order valence-corrected chi connectivity index (χ0v) is 10.9. The van der Waals surface area contributed by atoms with Crippen LogP contribution in [0.2, 0.25) is 5.02 Å². The van der Waals surface area contributed by atoms with E-state index in [2.05, 4.69) is 0 Å². The topological polar surface area (TPSA) is 54.0 Å². The van der Waals surface area contributed by atoms with Crippen molar-refractivity contribution in [1.82, 2.24) is 0 Å². The van der Waals surface area contributed by atoms with Crippen LogP contribution in [0.3, 0.4) is 0 Å². The number of nitrogens with zero attached hydrogens (tertiary/aromatic N) is 1. The number of ketones is 1. The Hall–Kier alpha value is -2.31. The number of Topliss-reactive ketones (excluding diaryl/α,β-unsaturated/α-hetero) is 1. The van der Waals surface area contributed by atoms with Crippen molar-refractivity contribution in [3.05, 3.63) is 64.1 Å². The third kappa shape index (κ3) is 2.93. The summed E-state index contributed by atoms with van der Waals surface area (Å²) in [4.78, 5) is 12.2. The fraction of sp³-hybridized carbons (Fsp3) is 0.0667. The molecule has 2 rings (SSSR count). The lowest BCUT2D eigenvalue weighted by atomic mass is 10.0. The first-order valence-electron chi connectivity index (χ1n) is 5.58. The van der Waals surface area contributed by atoms with E-state index in [9.17, 15) is 4.79 Å². The SMILES string of the molecule is Cc1occc1C(=O)/C(C#N)=C/c1cccc(Cl)c1. The highest BCUT2D eigenvalue weighted by Gasteiger charge is 2.16. The second kappa shape index (κ2) is 5.55. The molecule has 0 saturated heterocycles. The number of benzene rings is 1. The maximum atomic E-state index is 12.2. The first-order valence-corrected chi connectivity index (χ1v) is 5.96. The van der Waals surface area contributed by atoms with E-state index in [1.807, 2.05) is 6.07 Å². The summed E-state index contributed by atoms with van der Waals surface area (Å²) in [5.41, 5.74) is 1.15. The monoisotopic (exact) mass is 271 g/mol. The van der Waals surface area contributed by atoms with Gasteiger partial charge in [-0.15, -0.1) is 0 Å². The molecule has 1 aromatic heterocycles. The molecular formula is C15H10ClNO2. The summed E-state index contributed by atoms with van der Waals surface area (Å²) in [6.45, 7) is 1.68. The smallest absolute Gasteiger partial charge is 0.207 e. The third-order valence-corrected chi connectivity index (χ3v) is 2.86. The van der Waals surface area contributed by atoms with E-state index in [1.54, 1.807) is 37.3 Å². The van der Waals surface area contributed by atoms with Crippen molar-refractivity contribution in [2.24, 2.45) is 0 Å². The first-order chi connectivity index (χ1) is 9.11. The second-order valence-electron chi connectivity index (χ2n) is 3.94. The van der Waals surface area contributed by atoms with Crippen LogP contribution < -0.4 is 0 Å². The Balaban J connectivity index is 2.39. The number of aryl methyl sites for hydroxylation is 1. The maximum Gasteiger partial charge on any atom is 0.207 e. The van der Waals surface area contributed by atoms with Gasteiger partial charge < -0.3 is 4.42 Å². The molecule has 0 amide bonds. The molecule has 0 aliphatic carbocycles. The number of carbonyl (C=O) groups excluding carboxylic acids is 1. The predicted molar refractivity (Wildman–Crippen MR) is 72.8 cm³/mol. The Morgan fingerprint density at radius 2 is 2.21 bits per heavy atom. The minimum Gasteiger partial charge on any atom is -0.469 e. The summed E-state index contributed by atoms with van der Waals surface area (Å²) in [5.74, 6) is 0.144. The molecule has 0 spiro atoms. The van der Waals surface area contributed by atoms with Crippen molar-refractivity contribution in [2.45, 2.75) is 6.92 Å². The molecule has 2 aromatic rings. The van der Waals surface area contributed by atoms with Gasteiger partial charge in [0.25, 0.3) is 0 Å². The van der Waals surface area contributed by atoms with E-state index in [0.717, 1.165) is 0 Å². The molecule has 0 atom stereocenters. The average molecular weight is 272 g/mol. The minimum absolute atomic E-state index is 0.0479. The van der Waals surface area contributed by atoms with Crippen LogP contribution in [0.15, 0.2) is 46.6 Å². The Kier molecular flexibility index (Phi) is 3.84. The minimum atomic E-state index is -0.353. The molecule has 19 heavy (non-hydrogen) atoms. The number of furan rings is 1. The van der Waals surface area contributed by atoms with Gasteiger partial charge in [0, 0.05) is 5.02 Å². The summed E-state index contributed by atoms with van der Waals surface area (Å²) in [7, 11) is 0. The van der Waals surface area contributed by atoms with Gasteiger partial charge in [-0.25, -0.2) is 0 Å². The van der Waals surface area contributed by atoms with Gasteiger partial charge in [0.2, 0.25) is 5.78 Å². The van der Waals surface area contributed by atoms with Crippen LogP contribution in [0.25, 0.3) is 6.08 Å². The molecule has 0 unspecified atom stereocenters. The Bertz CT molecular complexity index is 692. The molecule has 0 fully saturated rings. The molecule has 0 aliphatic rings. The maximum absolute atomic E-state index is 12.2. The zero-order valence-electron chi connectivity index (χ0n) is 10.2. The molecule has 0 aliphatic heterocycles. The second-order valence-corrected chi connectivity index (χ2v) is 4.38. The highest BCUT2D eigenvalue weighted by molar-refractivity contribution is 6.30. The zero-order chi connectivity index (χ0) is 13.8. The van der Waals surface area contributed by atoms with Crippen LogP contribution >= 0.6 is 11.6 Å². The highest BCUT2D eigenvalue weighted by Crippen LogP contribution is 2.18. The molecule has 0 radical (unpaired) electrons. The highest BCUT2D eigenvalue weighted by atomic mass is 35.5. The lowest BCUT2D eigenvalue weighted by Crippen LogP contribution is -2.02. The van der Waals surface area contributed by atoms with Gasteiger partial charge in [0.1, 0.15) is 17.4 Å². The Labute approximate surface area is 115 Å². The molecular weight excluding hydrogens is 262 g/mol. The van der Waals surface area contributed by atoms with Crippen molar-refractivity contribution in [3.8, 4) is 6.07 Å². The lowest BCUT2D eigenvalue weighted by Gasteiger charge is -1.99. The van der Waals surface area contributed by atoms with E-state index in [0.29, 0.717) is 21.9 Å². The van der Waals surface area contributed by atoms with E-state index in [4.69, 9.17) is 21.3 Å². The van der Waals surface area contributed by atoms with Crippen molar-refractivity contribution in [1.29, 1.82) is 5.26 Å². The van der Waals surface area contributed by atoms with Crippen molar-refractivity contribution in [3.63, 3.8) is 0 Å². The Morgan fingerprint density at radius 1 is 1.42 bits per heavy atom. The summed E-state index contributed by atoms with van der Waals surface area (Å²) in [6.07, 6.45) is 2.94. The van der Waals surface area contributed by atoms with Gasteiger partial charge in [-0.2, -0.15) is 5.26 Å². The van der Waals surface area contributed by atoms with Crippen LogP contribution in [0.5, 0.6) is 0 Å². The average Bonchev–Trinajstić information content (AvgIpc) is 2.81. The van der Waals surface area contributed by atoms with E-state index >= 15 is 0 Å². The van der Waals surface area contributed by atoms with Crippen molar-refractivity contribution >= 4 is 23.5 Å². The number of allylic oxidation sites excluding steroid dienone is 1. The number of carbonyl (C=O) groups is 1. The quantitative estimate of drug-likeness (QED) is 0.481. The largest absolute Gasteiger partial charge is 0.469 e. The van der Waals surface area contributed by atoms with Gasteiger partial charge >= 0.3 is 0 Å². The lowest BCUT2D eigenvalue weighted by molar-refractivity contribution is 0.103. The summed E-state index contributed by atoms with van der Waals surface area (Å²) >= 11 is 5.86. The van der Waals surface area contributed by atoms with Gasteiger partial charge in [0.15, 0.2) is 0 Å². The number of hydrogen-bond donors (Lipinski definition) is 0. The fourth-order valence-corrected chi connectivity index (χ4v) is 1.88. The molecule has 0 bridgehead atoms. The van der Waals surface area contributed by atoms with Crippen LogP contribution in [-0.4, -0.2) is 5.78 Å². The molecule has 0 N–H and O–H groups in total. The summed E-state index contributed by atoms with van der Waals surface area (Å²) in [5, 5.41) is 9.67. The fourth-order valence-electron chi connectivity index (χ4n) is 1.68. The number of rotatable bonds is 3. The van der Waals surface area contributed by atoms with Gasteiger partial charge in [-0.1, -0.05) is 23.7 Å². The van der Waals surface area contributed by atoms with Gasteiger partial charge in [-0.3, -0.25) is 4.79 Å². The standard InChI is InChI=1S/C15H10ClNO2/c1-10-14(5-6-19-10)15(18)12(9-17)7-11-3-2-4-13(16)8-11/h2-8H,1H3/b12-7+. The molecule has 4 heteroatoms. The van der Waals surface area contributed by atoms with E-state index in [-0.39, 0.29) is 11.4 Å². The molecule has 1 heterocycles. The van der Waals surface area contributed by atoms with Crippen molar-refractivity contribution < 1.29 is 9.21 Å². The third-order valence-electron chi connectivity index (χ3n) is 2.63. The Morgan fingerprint density at radius 3 is 2.79 bits per heavy atom. The number of hydrogen-bond acceptors (Lipinski definition) is 3. The number of nitriles is 1. The van der Waals surface area contributed by atoms with E-state index < -0.39 is 0 Å². The van der Waals surface area contributed by atoms with Crippen LogP contribution in [-0.2, 0) is 0 Å². The normalized spacial score (nSPS) is 11.1. The first kappa shape index (κ1) is 13.1. The molecule has 3 nitrogen and oxygen atoms in total. The molecule has 94 valence electrons. The van der Waals surface area contributed by atoms with Crippen LogP contribution in [0.4, 0.5) is 0 Å². The van der Waals surface area contributed by atoms with Crippen LogP contribution in [0, 0.1) is 18.3 Å². The summed E-state index contributed by atoms with van der Waals surface area (Å²) < 4.78 is 5.07. The summed E-state index contributed by atoms with van der Waals surface area (Å²) in [6, 6.07) is 10.4. The predicted octanol–water partition coefficient (Wildman–Crippen LogP) is 4.03. The van der Waals surface area contributed by atoms with Crippen LogP contribution in [0.1, 0.15) is 21.7 Å².